The Labute approximate surface area is 197 Å². The van der Waals surface area contributed by atoms with Gasteiger partial charge in [-0.2, -0.15) is 0 Å². The van der Waals surface area contributed by atoms with E-state index in [1.54, 1.807) is 12.3 Å². The first-order valence-electron chi connectivity index (χ1n) is 11.2. The normalized spacial score (nSPS) is 14.9. The van der Waals surface area contributed by atoms with Crippen molar-refractivity contribution in [1.82, 2.24) is 19.6 Å². The number of aromatic nitrogens is 4. The van der Waals surface area contributed by atoms with E-state index in [-0.39, 0.29) is 0 Å². The van der Waals surface area contributed by atoms with Gasteiger partial charge in [0, 0.05) is 29.2 Å². The van der Waals surface area contributed by atoms with E-state index in [0.717, 1.165) is 28.1 Å². The highest BCUT2D eigenvalue weighted by Crippen LogP contribution is 2.40. The van der Waals surface area contributed by atoms with Crippen LogP contribution in [0.25, 0.3) is 5.65 Å². The summed E-state index contributed by atoms with van der Waals surface area (Å²) in [5.74, 6) is 2.74. The minimum Gasteiger partial charge on any atom is -0.378 e. The third-order valence-electron chi connectivity index (χ3n) is 5.76. The minimum atomic E-state index is 0.502. The number of nitrogens with zero attached hydrogens (tertiary/aromatic N) is 4. The van der Waals surface area contributed by atoms with Crippen LogP contribution in [0.4, 0.5) is 11.5 Å². The van der Waals surface area contributed by atoms with Gasteiger partial charge in [0.15, 0.2) is 11.5 Å². The van der Waals surface area contributed by atoms with E-state index < -0.39 is 0 Å². The van der Waals surface area contributed by atoms with Crippen LogP contribution in [-0.4, -0.2) is 26.0 Å². The first kappa shape index (κ1) is 21.4. The van der Waals surface area contributed by atoms with Crippen molar-refractivity contribution >= 4 is 35.2 Å². The Morgan fingerprint density at radius 1 is 1.03 bits per heavy atom. The van der Waals surface area contributed by atoms with Gasteiger partial charge in [-0.25, -0.2) is 14.5 Å². The summed E-state index contributed by atoms with van der Waals surface area (Å²) in [6, 6.07) is 15.9. The summed E-state index contributed by atoms with van der Waals surface area (Å²) in [5.41, 5.74) is 4.44. The van der Waals surface area contributed by atoms with Crippen LogP contribution in [0.15, 0.2) is 60.9 Å². The molecule has 2 aliphatic carbocycles. The first-order valence-corrected chi connectivity index (χ1v) is 11.6. The molecule has 2 saturated carbocycles. The molecule has 2 N–H and O–H groups in total. The summed E-state index contributed by atoms with van der Waals surface area (Å²) in [6.07, 6.45) is 9.55. The van der Waals surface area contributed by atoms with Crippen LogP contribution in [0.5, 0.6) is 0 Å². The van der Waals surface area contributed by atoms with E-state index in [0.29, 0.717) is 24.7 Å². The van der Waals surface area contributed by atoms with Gasteiger partial charge in [-0.1, -0.05) is 29.8 Å². The lowest BCUT2D eigenvalue weighted by molar-refractivity contribution is -0.105. The molecular formula is C25H25ClN6O. The van der Waals surface area contributed by atoms with Crippen molar-refractivity contribution < 1.29 is 4.79 Å². The summed E-state index contributed by atoms with van der Waals surface area (Å²) in [6.45, 7) is 0.505. The van der Waals surface area contributed by atoms with Crippen LogP contribution in [0.3, 0.4) is 0 Å². The van der Waals surface area contributed by atoms with Crippen molar-refractivity contribution in [2.24, 2.45) is 0 Å². The highest BCUT2D eigenvalue weighted by molar-refractivity contribution is 6.30. The zero-order valence-corrected chi connectivity index (χ0v) is 18.9. The van der Waals surface area contributed by atoms with E-state index in [1.165, 1.54) is 36.8 Å². The van der Waals surface area contributed by atoms with Gasteiger partial charge in [0.05, 0.1) is 6.54 Å². The lowest BCUT2D eigenvalue weighted by atomic mass is 10.1. The molecule has 0 aliphatic heterocycles. The van der Waals surface area contributed by atoms with Crippen LogP contribution in [0.2, 0.25) is 5.02 Å². The standard InChI is InChI=1S/C16H16N6O.C9H9Cl/c23-10-19-14-7-13(5-6-17-14)18-8-15-20-16-4-3-12(11-1-2-11)9-22(16)21-15;10-9-3-1-2-8(6-9)7-4-5-7/h3-7,9-11H,1-2,8H2,(H2,17,18,19,23);1-3,6-7H,4-5H2. The first-order chi connectivity index (χ1) is 16.2. The second-order valence-corrected chi connectivity index (χ2v) is 8.88. The molecule has 3 aromatic heterocycles. The van der Waals surface area contributed by atoms with E-state index in [9.17, 15) is 4.79 Å². The highest BCUT2D eigenvalue weighted by atomic mass is 35.5. The topological polar surface area (TPSA) is 84.2 Å². The van der Waals surface area contributed by atoms with Crippen LogP contribution in [0.1, 0.15) is 54.5 Å². The van der Waals surface area contributed by atoms with Gasteiger partial charge in [0.2, 0.25) is 6.41 Å². The van der Waals surface area contributed by atoms with Crippen LogP contribution in [-0.2, 0) is 11.3 Å². The quantitative estimate of drug-likeness (QED) is 0.361. The Morgan fingerprint density at radius 3 is 2.61 bits per heavy atom. The van der Waals surface area contributed by atoms with Crippen molar-refractivity contribution in [2.45, 2.75) is 44.1 Å². The maximum absolute atomic E-state index is 10.4. The number of hydrogen-bond donors (Lipinski definition) is 2. The third kappa shape index (κ3) is 5.68. The summed E-state index contributed by atoms with van der Waals surface area (Å²) >= 11 is 5.82. The molecule has 4 aromatic rings. The Kier molecular flexibility index (Phi) is 6.21. The molecule has 1 aromatic carbocycles. The number of fused-ring (bicyclic) bond motifs is 1. The fourth-order valence-corrected chi connectivity index (χ4v) is 3.91. The molecule has 7 nitrogen and oxygen atoms in total. The van der Waals surface area contributed by atoms with Crippen molar-refractivity contribution in [3.8, 4) is 0 Å². The number of rotatable bonds is 7. The van der Waals surface area contributed by atoms with E-state index in [1.807, 2.05) is 28.8 Å². The van der Waals surface area contributed by atoms with Crippen molar-refractivity contribution in [3.63, 3.8) is 0 Å². The molecule has 0 unspecified atom stereocenters. The smallest absolute Gasteiger partial charge is 0.212 e. The zero-order valence-electron chi connectivity index (χ0n) is 18.1. The Morgan fingerprint density at radius 2 is 1.85 bits per heavy atom. The van der Waals surface area contributed by atoms with Crippen LogP contribution in [0, 0.1) is 0 Å². The second-order valence-electron chi connectivity index (χ2n) is 8.44. The molecule has 168 valence electrons. The summed E-state index contributed by atoms with van der Waals surface area (Å²) in [5, 5.41) is 11.1. The van der Waals surface area contributed by atoms with Gasteiger partial charge >= 0.3 is 0 Å². The van der Waals surface area contributed by atoms with Crippen molar-refractivity contribution in [3.05, 3.63) is 82.9 Å². The fraction of sp³-hybridized carbons (Fsp3) is 0.280. The van der Waals surface area contributed by atoms with Crippen LogP contribution < -0.4 is 10.6 Å². The number of pyridine rings is 2. The van der Waals surface area contributed by atoms with Gasteiger partial charge in [0.25, 0.3) is 0 Å². The van der Waals surface area contributed by atoms with Crippen molar-refractivity contribution in [2.75, 3.05) is 10.6 Å². The van der Waals surface area contributed by atoms with Gasteiger partial charge in [-0.3, -0.25) is 4.79 Å². The molecule has 2 aliphatic rings. The third-order valence-corrected chi connectivity index (χ3v) is 6.00. The summed E-state index contributed by atoms with van der Waals surface area (Å²) < 4.78 is 1.84. The molecule has 3 heterocycles. The lowest BCUT2D eigenvalue weighted by Gasteiger charge is -2.04. The molecule has 0 saturated heterocycles. The number of carbonyl (C=O) groups excluding carboxylic acids is 1. The SMILES string of the molecule is Clc1cccc(C2CC2)c1.O=CNc1cc(NCc2nc3ccc(C4CC4)cn3n2)ccn1. The monoisotopic (exact) mass is 460 g/mol. The molecule has 0 atom stereocenters. The molecule has 2 fully saturated rings. The van der Waals surface area contributed by atoms with Gasteiger partial charge in [0.1, 0.15) is 5.82 Å². The Bertz CT molecular complexity index is 1260. The number of benzene rings is 1. The fourth-order valence-electron chi connectivity index (χ4n) is 3.72. The van der Waals surface area contributed by atoms with E-state index in [4.69, 9.17) is 11.6 Å². The number of nitrogens with one attached hydrogen (secondary N) is 2. The molecule has 8 heteroatoms. The van der Waals surface area contributed by atoms with E-state index >= 15 is 0 Å². The summed E-state index contributed by atoms with van der Waals surface area (Å²) in [4.78, 5) is 19.0. The predicted octanol–water partition coefficient (Wildman–Crippen LogP) is 5.40. The van der Waals surface area contributed by atoms with Gasteiger partial charge in [-0.05, 0) is 72.9 Å². The van der Waals surface area contributed by atoms with E-state index in [2.05, 4.69) is 50.1 Å². The second kappa shape index (κ2) is 9.58. The largest absolute Gasteiger partial charge is 0.378 e. The van der Waals surface area contributed by atoms with Gasteiger partial charge < -0.3 is 10.6 Å². The Balaban J connectivity index is 0.000000190. The average molecular weight is 461 g/mol. The number of carbonyl (C=O) groups is 1. The molecule has 1 amide bonds. The molecule has 0 radical (unpaired) electrons. The molecule has 6 rings (SSSR count). The molecule has 0 spiro atoms. The Hall–Kier alpha value is -3.45. The summed E-state index contributed by atoms with van der Waals surface area (Å²) in [7, 11) is 0. The highest BCUT2D eigenvalue weighted by Gasteiger charge is 2.24. The molecule has 33 heavy (non-hydrogen) atoms. The number of hydrogen-bond acceptors (Lipinski definition) is 5. The minimum absolute atomic E-state index is 0.502. The van der Waals surface area contributed by atoms with Gasteiger partial charge in [-0.15, -0.1) is 5.10 Å². The molecular weight excluding hydrogens is 436 g/mol. The van der Waals surface area contributed by atoms with Crippen molar-refractivity contribution in [1.29, 1.82) is 0 Å². The number of halogens is 1. The van der Waals surface area contributed by atoms with Crippen LogP contribution >= 0.6 is 11.6 Å². The predicted molar refractivity (Wildman–Crippen MR) is 130 cm³/mol. The maximum atomic E-state index is 10.4. The molecule has 0 bridgehead atoms. The number of anilines is 2. The maximum Gasteiger partial charge on any atom is 0.212 e. The average Bonchev–Trinajstić information content (AvgIpc) is 3.75. The lowest BCUT2D eigenvalue weighted by Crippen LogP contribution is -2.03. The zero-order chi connectivity index (χ0) is 22.6. The number of amides is 1.